The first-order valence-corrected chi connectivity index (χ1v) is 11.3. The first kappa shape index (κ1) is 15.4. The van der Waals surface area contributed by atoms with E-state index >= 15 is 4.39 Å². The number of carbonyl (C=O) groups excluding carboxylic acids is 1. The summed E-state index contributed by atoms with van der Waals surface area (Å²) in [7, 11) is 0. The predicted octanol–water partition coefficient (Wildman–Crippen LogP) is 4.99. The van der Waals surface area contributed by atoms with E-state index in [2.05, 4.69) is 9.47 Å². The zero-order valence-electron chi connectivity index (χ0n) is 30.9. The van der Waals surface area contributed by atoms with Crippen molar-refractivity contribution < 1.29 is 52.7 Å². The second kappa shape index (κ2) is 8.77. The van der Waals surface area contributed by atoms with E-state index in [1.54, 1.807) is 6.92 Å². The molecule has 1 fully saturated rings. The summed E-state index contributed by atoms with van der Waals surface area (Å²) < 4.78 is 145. The van der Waals surface area contributed by atoms with E-state index in [0.717, 1.165) is 18.2 Å². The maximum Gasteiger partial charge on any atom is 0.586 e. The largest absolute Gasteiger partial charge is 0.586 e. The maximum atomic E-state index is 16.2. The molecule has 0 bridgehead atoms. The van der Waals surface area contributed by atoms with E-state index in [-0.39, 0.29) is 12.1 Å². The summed E-state index contributed by atoms with van der Waals surface area (Å²) in [6, 6.07) is -0.0760. The van der Waals surface area contributed by atoms with Gasteiger partial charge in [0.1, 0.15) is 11.6 Å². The lowest BCUT2D eigenvalue weighted by Crippen LogP contribution is -2.26. The number of Topliss-reactive ketones (excluding diaryl/α,β-unsaturated/α-hetero) is 1. The molecule has 1 saturated carbocycles. The Morgan fingerprint density at radius 3 is 2.62 bits per heavy atom. The van der Waals surface area contributed by atoms with Crippen LogP contribution in [0.1, 0.15) is 71.8 Å². The molecule has 1 aliphatic carbocycles. The van der Waals surface area contributed by atoms with Crippen molar-refractivity contribution in [2.75, 3.05) is 6.56 Å². The van der Waals surface area contributed by atoms with Crippen LogP contribution in [0.5, 0.6) is 11.5 Å². The Labute approximate surface area is 228 Å². The highest BCUT2D eigenvalue weighted by molar-refractivity contribution is 5.95. The Kier molecular flexibility index (Phi) is 3.65. The van der Waals surface area contributed by atoms with Gasteiger partial charge in [-0.25, -0.2) is 4.39 Å². The fraction of sp³-hybridized carbons (Fsp3) is 0.464. The Balaban J connectivity index is 1.74. The van der Waals surface area contributed by atoms with Gasteiger partial charge in [0.2, 0.25) is 0 Å². The van der Waals surface area contributed by atoms with Gasteiger partial charge in [0, 0.05) is 28.4 Å². The molecule has 2 heterocycles. The summed E-state index contributed by atoms with van der Waals surface area (Å²) in [6.07, 6.45) is -14.0. The molecule has 37 heavy (non-hydrogen) atoms. The van der Waals surface area contributed by atoms with E-state index in [4.69, 9.17) is 15.1 Å². The number of fused-ring (bicyclic) bond motifs is 2. The number of ether oxygens (including phenoxy) is 2. The minimum absolute atomic E-state index is 0.177. The van der Waals surface area contributed by atoms with Gasteiger partial charge in [-0.1, -0.05) is 26.8 Å². The number of rotatable bonds is 9. The molecule has 6 nitrogen and oxygen atoms in total. The lowest BCUT2D eigenvalue weighted by Gasteiger charge is -2.26. The average molecular weight is 529 g/mol. The molecule has 3 aromatic rings. The SMILES string of the molecule is [2H]c1c(CC(=O)C2(c3ccc4c(c3)OC(F)(F)O4)C([2H])([2H])C2([2H])[2H])c(F)c([2H])c2c1c([2H])c(C(C)(C)CC)n2C([2H])([2H])[C@@H](O)C([2H])([2H])O. The Morgan fingerprint density at radius 1 is 1.27 bits per heavy atom. The van der Waals surface area contributed by atoms with Gasteiger partial charge < -0.3 is 24.3 Å². The molecule has 0 radical (unpaired) electrons. The topological polar surface area (TPSA) is 80.9 Å². The number of nitrogens with zero attached hydrogens (tertiary/aromatic N) is 1. The van der Waals surface area contributed by atoms with Gasteiger partial charge in [-0.05, 0) is 60.6 Å². The van der Waals surface area contributed by atoms with Crippen molar-refractivity contribution in [1.29, 1.82) is 0 Å². The van der Waals surface area contributed by atoms with Gasteiger partial charge in [-0.2, -0.15) is 0 Å². The zero-order chi connectivity index (χ0) is 36.5. The van der Waals surface area contributed by atoms with E-state index in [9.17, 15) is 23.8 Å². The first-order chi connectivity index (χ1) is 21.6. The summed E-state index contributed by atoms with van der Waals surface area (Å²) in [5, 5.41) is 19.8. The highest BCUT2D eigenvalue weighted by Crippen LogP contribution is 2.52. The average Bonchev–Trinajstić information content (AvgIpc) is 3.24. The molecule has 2 aliphatic rings. The molecule has 1 atom stereocenters. The van der Waals surface area contributed by atoms with Crippen molar-refractivity contribution >= 4 is 16.7 Å². The molecule has 2 aromatic carbocycles. The number of aromatic nitrogens is 1. The molecular weight excluding hydrogens is 487 g/mol. The van der Waals surface area contributed by atoms with Crippen molar-refractivity contribution in [3.05, 3.63) is 59.0 Å². The first-order valence-electron chi connectivity index (χ1n) is 16.8. The standard InChI is InChI=1S/C28H30F3NO5/c1-4-26(2,3)24-10-17-9-16(20(29)13-21(17)32(24)14-19(34)15-33)11-25(35)27(7-8-27)18-5-6-22-23(12-18)37-28(30,31)36-22/h5-6,9-10,12-13,19,33-34H,4,7-8,11,14-15H2,1-3H3/t19-/m1/s1/i7D2,8D2,9D,10D,13D,14D2,15D2. The number of halogens is 3. The molecule has 5 rings (SSSR count). The van der Waals surface area contributed by atoms with Crippen LogP contribution in [-0.2, 0) is 28.5 Å². The number of carbonyl (C=O) groups is 1. The molecule has 0 spiro atoms. The normalized spacial score (nSPS) is 26.1. The van der Waals surface area contributed by atoms with Crippen molar-refractivity contribution in [3.8, 4) is 11.5 Å². The number of ketones is 1. The molecule has 0 saturated heterocycles. The molecular formula is C28H30F3NO5. The summed E-state index contributed by atoms with van der Waals surface area (Å²) in [6.45, 7) is -2.21. The van der Waals surface area contributed by atoms with Crippen LogP contribution in [0, 0.1) is 5.82 Å². The number of hydrogen-bond acceptors (Lipinski definition) is 5. The molecule has 198 valence electrons. The van der Waals surface area contributed by atoms with Gasteiger partial charge in [0.15, 0.2) is 11.5 Å². The zero-order valence-corrected chi connectivity index (χ0v) is 19.9. The van der Waals surface area contributed by atoms with Crippen LogP contribution < -0.4 is 9.47 Å². The van der Waals surface area contributed by atoms with Crippen molar-refractivity contribution in [2.45, 2.75) is 76.1 Å². The highest BCUT2D eigenvalue weighted by atomic mass is 19.3. The smallest absolute Gasteiger partial charge is 0.395 e. The van der Waals surface area contributed by atoms with Crippen LogP contribution in [0.2, 0.25) is 0 Å². The molecule has 1 aromatic heterocycles. The maximum absolute atomic E-state index is 16.2. The van der Waals surface area contributed by atoms with Crippen molar-refractivity contribution in [1.82, 2.24) is 4.57 Å². The van der Waals surface area contributed by atoms with Gasteiger partial charge in [-0.15, -0.1) is 8.78 Å². The van der Waals surface area contributed by atoms with Crippen molar-refractivity contribution in [3.63, 3.8) is 0 Å². The minimum atomic E-state index is -4.09. The number of aliphatic hydroxyl groups is 2. The van der Waals surface area contributed by atoms with Gasteiger partial charge in [0.25, 0.3) is 0 Å². The number of alkyl halides is 2. The quantitative estimate of drug-likeness (QED) is 0.409. The highest BCUT2D eigenvalue weighted by Gasteiger charge is 2.52. The van der Waals surface area contributed by atoms with Gasteiger partial charge in [0.05, 0.1) is 39.7 Å². The molecule has 1 aliphatic heterocycles. The predicted molar refractivity (Wildman–Crippen MR) is 131 cm³/mol. The lowest BCUT2D eigenvalue weighted by molar-refractivity contribution is -0.286. The van der Waals surface area contributed by atoms with Crippen LogP contribution in [0.3, 0.4) is 0 Å². The fourth-order valence-corrected chi connectivity index (χ4v) is 4.08. The number of aliphatic hydroxyl groups excluding tert-OH is 1. The van der Waals surface area contributed by atoms with Crippen molar-refractivity contribution in [2.24, 2.45) is 0 Å². The van der Waals surface area contributed by atoms with Crippen LogP contribution in [0.4, 0.5) is 13.2 Å². The third kappa shape index (κ3) is 4.48. The molecule has 0 unspecified atom stereocenters. The second-order valence-corrected chi connectivity index (χ2v) is 9.40. The summed E-state index contributed by atoms with van der Waals surface area (Å²) >= 11 is 0. The summed E-state index contributed by atoms with van der Waals surface area (Å²) in [5.41, 5.74) is -6.36. The lowest BCUT2D eigenvalue weighted by atomic mass is 9.86. The Hall–Kier alpha value is -3.04. The van der Waals surface area contributed by atoms with Crippen LogP contribution in [-0.4, -0.2) is 39.5 Å². The molecule has 9 heteroatoms. The van der Waals surface area contributed by atoms with E-state index in [1.807, 2.05) is 0 Å². The number of benzene rings is 2. The minimum Gasteiger partial charge on any atom is -0.395 e. The molecule has 0 amide bonds. The van der Waals surface area contributed by atoms with Crippen LogP contribution >= 0.6 is 0 Å². The van der Waals surface area contributed by atoms with Gasteiger partial charge in [-0.3, -0.25) is 4.79 Å². The third-order valence-electron chi connectivity index (χ3n) is 6.56. The monoisotopic (exact) mass is 528 g/mol. The van der Waals surface area contributed by atoms with Crippen LogP contribution in [0.25, 0.3) is 10.9 Å². The summed E-state index contributed by atoms with van der Waals surface area (Å²) in [5.74, 6) is -4.07. The van der Waals surface area contributed by atoms with Gasteiger partial charge >= 0.3 is 6.29 Å². The van der Waals surface area contributed by atoms with Crippen LogP contribution in [0.15, 0.2) is 36.3 Å². The van der Waals surface area contributed by atoms with E-state index < -0.39 is 119 Å². The van der Waals surface area contributed by atoms with E-state index in [1.165, 1.54) is 13.8 Å². The summed E-state index contributed by atoms with van der Waals surface area (Å²) in [4.78, 5) is 14.0. The Morgan fingerprint density at radius 2 is 1.97 bits per heavy atom. The third-order valence-corrected chi connectivity index (χ3v) is 6.56. The van der Waals surface area contributed by atoms with E-state index in [0.29, 0.717) is 4.57 Å². The Bertz CT molecular complexity index is 1860. The number of hydrogen-bond donors (Lipinski definition) is 2. The second-order valence-electron chi connectivity index (χ2n) is 9.40. The molecule has 2 N–H and O–H groups in total. The fourth-order valence-electron chi connectivity index (χ4n) is 4.08.